The van der Waals surface area contributed by atoms with Crippen molar-refractivity contribution in [3.05, 3.63) is 35.6 Å². The molecule has 1 aliphatic carbocycles. The Kier molecular flexibility index (Phi) is 7.07. The number of hydrogen-bond donors (Lipinski definition) is 3. The number of nitrogens with one attached hydrogen (secondary N) is 1. The summed E-state index contributed by atoms with van der Waals surface area (Å²) >= 11 is 0. The molecule has 164 valence electrons. The number of aliphatic hydroxyl groups is 1. The highest BCUT2D eigenvalue weighted by Crippen LogP contribution is 2.35. The van der Waals surface area contributed by atoms with E-state index in [1.807, 2.05) is 0 Å². The number of halogens is 1. The van der Waals surface area contributed by atoms with E-state index in [1.54, 1.807) is 0 Å². The quantitative estimate of drug-likeness (QED) is 0.624. The Morgan fingerprint density at radius 3 is 2.40 bits per heavy atom. The number of amides is 2. The Morgan fingerprint density at radius 1 is 1.10 bits per heavy atom. The number of aliphatic carboxylic acids is 1. The molecule has 8 heteroatoms. The Hall–Kier alpha value is -2.48. The summed E-state index contributed by atoms with van der Waals surface area (Å²) in [7, 11) is 0. The van der Waals surface area contributed by atoms with E-state index >= 15 is 0 Å². The summed E-state index contributed by atoms with van der Waals surface area (Å²) in [5, 5.41) is 23.4. The van der Waals surface area contributed by atoms with Gasteiger partial charge in [0, 0.05) is 32.0 Å². The Bertz CT molecular complexity index is 778. The zero-order chi connectivity index (χ0) is 21.7. The lowest BCUT2D eigenvalue weighted by molar-refractivity contribution is -0.166. The number of rotatable bonds is 7. The van der Waals surface area contributed by atoms with E-state index in [9.17, 15) is 29.0 Å². The molecule has 1 saturated carbocycles. The highest BCUT2D eigenvalue weighted by atomic mass is 19.1. The third-order valence-electron chi connectivity index (χ3n) is 6.28. The summed E-state index contributed by atoms with van der Waals surface area (Å²) in [5.41, 5.74) is -0.999. The number of aliphatic hydroxyl groups excluding tert-OH is 1. The van der Waals surface area contributed by atoms with Crippen molar-refractivity contribution >= 4 is 17.8 Å². The van der Waals surface area contributed by atoms with Crippen LogP contribution in [0.1, 0.15) is 50.5 Å². The third-order valence-corrected chi connectivity index (χ3v) is 6.28. The Labute approximate surface area is 175 Å². The highest BCUT2D eigenvalue weighted by Gasteiger charge is 2.50. The van der Waals surface area contributed by atoms with E-state index < -0.39 is 23.3 Å². The molecule has 7 nitrogen and oxygen atoms in total. The first kappa shape index (κ1) is 22.2. The van der Waals surface area contributed by atoms with Crippen molar-refractivity contribution in [3.63, 3.8) is 0 Å². The van der Waals surface area contributed by atoms with Crippen LogP contribution in [0.2, 0.25) is 0 Å². The maximum Gasteiger partial charge on any atom is 0.314 e. The first-order valence-corrected chi connectivity index (χ1v) is 10.5. The molecule has 0 spiro atoms. The molecule has 1 saturated heterocycles. The average molecular weight is 420 g/mol. The number of carbonyl (C=O) groups excluding carboxylic acids is 2. The summed E-state index contributed by atoms with van der Waals surface area (Å²) in [6, 6.07) is 5.65. The number of benzene rings is 1. The molecule has 0 unspecified atom stereocenters. The third kappa shape index (κ3) is 5.16. The van der Waals surface area contributed by atoms with Crippen LogP contribution in [0.15, 0.2) is 24.3 Å². The minimum atomic E-state index is -1.57. The van der Waals surface area contributed by atoms with E-state index in [1.165, 1.54) is 29.2 Å². The van der Waals surface area contributed by atoms with Crippen LogP contribution in [-0.4, -0.2) is 58.1 Å². The van der Waals surface area contributed by atoms with E-state index in [2.05, 4.69) is 5.32 Å². The van der Waals surface area contributed by atoms with Crippen LogP contribution < -0.4 is 5.32 Å². The maximum atomic E-state index is 13.2. The maximum absolute atomic E-state index is 13.2. The molecular weight excluding hydrogens is 391 g/mol. The largest absolute Gasteiger partial charge is 0.481 e. The van der Waals surface area contributed by atoms with Crippen LogP contribution in [0, 0.1) is 11.2 Å². The monoisotopic (exact) mass is 420 g/mol. The molecule has 0 bridgehead atoms. The van der Waals surface area contributed by atoms with Crippen molar-refractivity contribution in [3.8, 4) is 0 Å². The molecule has 0 radical (unpaired) electrons. The lowest BCUT2D eigenvalue weighted by Gasteiger charge is -2.43. The number of likely N-dealkylation sites (tertiary alicyclic amines) is 1. The smallest absolute Gasteiger partial charge is 0.314 e. The van der Waals surface area contributed by atoms with E-state index in [4.69, 9.17) is 0 Å². The fourth-order valence-corrected chi connectivity index (χ4v) is 4.47. The van der Waals surface area contributed by atoms with Gasteiger partial charge in [0.15, 0.2) is 0 Å². The van der Waals surface area contributed by atoms with Gasteiger partial charge in [-0.3, -0.25) is 14.4 Å². The van der Waals surface area contributed by atoms with Crippen LogP contribution in [0.4, 0.5) is 4.39 Å². The Morgan fingerprint density at radius 2 is 1.77 bits per heavy atom. The van der Waals surface area contributed by atoms with Gasteiger partial charge in [0.05, 0.1) is 6.10 Å². The second-order valence-electron chi connectivity index (χ2n) is 8.43. The van der Waals surface area contributed by atoms with Crippen LogP contribution in [-0.2, 0) is 20.8 Å². The molecule has 2 atom stereocenters. The van der Waals surface area contributed by atoms with Crippen LogP contribution >= 0.6 is 0 Å². The number of hydrogen-bond acceptors (Lipinski definition) is 4. The van der Waals surface area contributed by atoms with Gasteiger partial charge < -0.3 is 20.4 Å². The second-order valence-corrected chi connectivity index (χ2v) is 8.43. The zero-order valence-electron chi connectivity index (χ0n) is 17.0. The highest BCUT2D eigenvalue weighted by molar-refractivity contribution is 5.85. The lowest BCUT2D eigenvalue weighted by atomic mass is 9.72. The van der Waals surface area contributed by atoms with Gasteiger partial charge in [0.2, 0.25) is 11.8 Å². The van der Waals surface area contributed by atoms with Gasteiger partial charge in [-0.1, -0.05) is 25.0 Å². The second kappa shape index (κ2) is 9.55. The minimum absolute atomic E-state index is 0.000889. The normalized spacial score (nSPS) is 24.6. The molecule has 1 aromatic rings. The molecule has 2 amide bonds. The number of nitrogens with zero attached hydrogens (tertiary/aromatic N) is 1. The fourth-order valence-electron chi connectivity index (χ4n) is 4.47. The molecule has 2 aliphatic rings. The molecule has 30 heavy (non-hydrogen) atoms. The number of carboxylic acids is 1. The van der Waals surface area contributed by atoms with Gasteiger partial charge in [-0.2, -0.15) is 0 Å². The summed E-state index contributed by atoms with van der Waals surface area (Å²) in [6.07, 6.45) is 3.19. The topological polar surface area (TPSA) is 107 Å². The number of piperidine rings is 1. The van der Waals surface area contributed by atoms with Crippen LogP contribution in [0.3, 0.4) is 0 Å². The predicted octanol–water partition coefficient (Wildman–Crippen LogP) is 1.87. The average Bonchev–Trinajstić information content (AvgIpc) is 3.22. The van der Waals surface area contributed by atoms with Crippen molar-refractivity contribution in [1.29, 1.82) is 0 Å². The summed E-state index contributed by atoms with van der Waals surface area (Å²) < 4.78 is 13.2. The van der Waals surface area contributed by atoms with Gasteiger partial charge in [-0.05, 0) is 43.4 Å². The molecule has 3 rings (SSSR count). The van der Waals surface area contributed by atoms with Gasteiger partial charge in [-0.25, -0.2) is 4.39 Å². The fraction of sp³-hybridized carbons (Fsp3) is 0.591. The minimum Gasteiger partial charge on any atom is -0.481 e. The summed E-state index contributed by atoms with van der Waals surface area (Å²) in [6.45, 7) is 0.0899. The predicted molar refractivity (Wildman–Crippen MR) is 107 cm³/mol. The molecule has 1 aliphatic heterocycles. The van der Waals surface area contributed by atoms with Crippen molar-refractivity contribution in [2.45, 2.75) is 63.5 Å². The van der Waals surface area contributed by atoms with E-state index in [0.29, 0.717) is 5.56 Å². The van der Waals surface area contributed by atoms with Crippen molar-refractivity contribution in [2.75, 3.05) is 13.1 Å². The first-order chi connectivity index (χ1) is 14.3. The first-order valence-electron chi connectivity index (χ1n) is 10.5. The number of carbonyl (C=O) groups is 3. The number of carboxylic acid groups (broad SMARTS) is 1. The molecule has 2 fully saturated rings. The SMILES string of the molecule is O=C(CCC(=O)N1CC[C@@H](O)[C@](Cc2ccc(F)cc2)(C(=O)O)C1)NC1CCCC1. The van der Waals surface area contributed by atoms with E-state index in [0.717, 1.165) is 25.7 Å². The van der Waals surface area contributed by atoms with Crippen LogP contribution in [0.25, 0.3) is 0 Å². The van der Waals surface area contributed by atoms with Crippen molar-refractivity contribution in [2.24, 2.45) is 5.41 Å². The standard InChI is InChI=1S/C22H29FN2O5/c23-16-7-5-15(6-8-16)13-22(21(29)30)14-25(12-11-18(22)26)20(28)10-9-19(27)24-17-3-1-2-4-17/h5-8,17-18,26H,1-4,9-14H2,(H,24,27)(H,29,30)/t18-,22-/m1/s1. The van der Waals surface area contributed by atoms with Crippen LogP contribution in [0.5, 0.6) is 0 Å². The van der Waals surface area contributed by atoms with E-state index in [-0.39, 0.29) is 56.6 Å². The molecule has 1 heterocycles. The molecule has 3 N–H and O–H groups in total. The van der Waals surface area contributed by atoms with Gasteiger partial charge in [-0.15, -0.1) is 0 Å². The molecule has 1 aromatic carbocycles. The molecular formula is C22H29FN2O5. The van der Waals surface area contributed by atoms with Gasteiger partial charge >= 0.3 is 5.97 Å². The van der Waals surface area contributed by atoms with Crippen molar-refractivity contribution < 1.29 is 29.0 Å². The zero-order valence-corrected chi connectivity index (χ0v) is 17.0. The van der Waals surface area contributed by atoms with Gasteiger partial charge in [0.25, 0.3) is 0 Å². The summed E-state index contributed by atoms with van der Waals surface area (Å²) in [4.78, 5) is 38.3. The lowest BCUT2D eigenvalue weighted by Crippen LogP contribution is -2.58. The summed E-state index contributed by atoms with van der Waals surface area (Å²) in [5.74, 6) is -2.09. The Balaban J connectivity index is 1.62. The van der Waals surface area contributed by atoms with Gasteiger partial charge in [0.1, 0.15) is 11.2 Å². The molecule has 0 aromatic heterocycles. The van der Waals surface area contributed by atoms with Crippen molar-refractivity contribution in [1.82, 2.24) is 10.2 Å².